The van der Waals surface area contributed by atoms with Gasteiger partial charge in [-0.25, -0.2) is 0 Å². The van der Waals surface area contributed by atoms with Crippen molar-refractivity contribution in [1.82, 2.24) is 0 Å². The van der Waals surface area contributed by atoms with Crippen molar-refractivity contribution in [3.05, 3.63) is 35.4 Å². The Bertz CT molecular complexity index is 784. The van der Waals surface area contributed by atoms with Crippen LogP contribution in [0.5, 0.6) is 0 Å². The molecular weight excluding hydrogens is 326 g/mol. The van der Waals surface area contributed by atoms with Crippen molar-refractivity contribution in [2.24, 2.45) is 10.9 Å². The number of rotatable bonds is 3. The molecule has 1 aromatic carbocycles. The van der Waals surface area contributed by atoms with E-state index in [1.807, 2.05) is 0 Å². The first-order valence-electron chi connectivity index (χ1n) is 8.33. The van der Waals surface area contributed by atoms with E-state index >= 15 is 0 Å². The van der Waals surface area contributed by atoms with E-state index in [2.05, 4.69) is 4.99 Å². The summed E-state index contributed by atoms with van der Waals surface area (Å²) in [4.78, 5) is 29.5. The molecule has 0 saturated carbocycles. The highest BCUT2D eigenvalue weighted by Gasteiger charge is 2.72. The van der Waals surface area contributed by atoms with Crippen LogP contribution in [0.15, 0.2) is 29.3 Å². The van der Waals surface area contributed by atoms with Crippen LogP contribution in [0.25, 0.3) is 0 Å². The van der Waals surface area contributed by atoms with Crippen molar-refractivity contribution in [3.8, 4) is 0 Å². The predicted octanol–water partition coefficient (Wildman–Crippen LogP) is 0.572. The van der Waals surface area contributed by atoms with Crippen LogP contribution in [-0.2, 0) is 20.0 Å². The highest BCUT2D eigenvalue weighted by molar-refractivity contribution is 6.18. The lowest BCUT2D eigenvalue weighted by molar-refractivity contribution is -0.167. The first kappa shape index (κ1) is 16.4. The summed E-state index contributed by atoms with van der Waals surface area (Å²) in [6.45, 7) is 2.18. The number of hydrogen-bond donors (Lipinski definition) is 2. The zero-order valence-corrected chi connectivity index (χ0v) is 13.8. The largest absolute Gasteiger partial charge is 0.462 e. The Balaban J connectivity index is 1.66. The summed E-state index contributed by atoms with van der Waals surface area (Å²) >= 11 is 0. The summed E-state index contributed by atoms with van der Waals surface area (Å²) in [6, 6.07) is 6.31. The lowest BCUT2D eigenvalue weighted by atomic mass is 9.79. The van der Waals surface area contributed by atoms with Crippen LogP contribution in [0.3, 0.4) is 0 Å². The standard InChI is InChI=1S/C18H19NO6/c1-10-14(16(21)25-9-11-5-4-8-24-11)17(22)15(20)12-6-2-3-7-13(12)18(17,23)19-10/h2-3,6-7,11,14,22-23H,4-5,8-9H2,1H3/t11-,14?,17+,18+/m0/s1. The van der Waals surface area contributed by atoms with E-state index in [0.717, 1.165) is 12.8 Å². The number of aliphatic imine (C=N–C) groups is 1. The van der Waals surface area contributed by atoms with Gasteiger partial charge in [0.2, 0.25) is 11.5 Å². The number of ketones is 1. The van der Waals surface area contributed by atoms with Crippen molar-refractivity contribution in [3.63, 3.8) is 0 Å². The minimum absolute atomic E-state index is 0.0538. The molecule has 25 heavy (non-hydrogen) atoms. The molecule has 4 rings (SSSR count). The Labute approximate surface area is 144 Å². The summed E-state index contributed by atoms with van der Waals surface area (Å²) in [6.07, 6.45) is 1.53. The summed E-state index contributed by atoms with van der Waals surface area (Å²) in [7, 11) is 0. The maximum atomic E-state index is 12.8. The van der Waals surface area contributed by atoms with Crippen LogP contribution < -0.4 is 0 Å². The molecule has 2 N–H and O–H groups in total. The molecule has 0 radical (unpaired) electrons. The summed E-state index contributed by atoms with van der Waals surface area (Å²) in [5.74, 6) is -2.85. The number of benzene rings is 1. The molecule has 0 spiro atoms. The highest BCUT2D eigenvalue weighted by Crippen LogP contribution is 2.53. The fraction of sp³-hybridized carbons (Fsp3) is 0.500. The zero-order chi connectivity index (χ0) is 17.8. The van der Waals surface area contributed by atoms with E-state index in [1.165, 1.54) is 19.1 Å². The molecular formula is C18H19NO6. The number of nitrogens with zero attached hydrogens (tertiary/aromatic N) is 1. The predicted molar refractivity (Wildman–Crippen MR) is 86.2 cm³/mol. The molecule has 1 fully saturated rings. The van der Waals surface area contributed by atoms with E-state index in [-0.39, 0.29) is 29.5 Å². The molecule has 1 saturated heterocycles. The second kappa shape index (κ2) is 5.45. The lowest BCUT2D eigenvalue weighted by Gasteiger charge is -2.32. The minimum Gasteiger partial charge on any atom is -0.462 e. The van der Waals surface area contributed by atoms with Crippen molar-refractivity contribution in [2.45, 2.75) is 37.2 Å². The molecule has 4 atom stereocenters. The normalized spacial score (nSPS) is 36.1. The number of carbonyl (C=O) groups is 2. The van der Waals surface area contributed by atoms with Gasteiger partial charge in [0.25, 0.3) is 0 Å². The Morgan fingerprint density at radius 2 is 2.16 bits per heavy atom. The van der Waals surface area contributed by atoms with E-state index < -0.39 is 29.0 Å². The average Bonchev–Trinajstić information content (AvgIpc) is 3.22. The number of aliphatic hydroxyl groups is 2. The fourth-order valence-electron chi connectivity index (χ4n) is 4.03. The quantitative estimate of drug-likeness (QED) is 0.776. The Morgan fingerprint density at radius 3 is 2.88 bits per heavy atom. The van der Waals surface area contributed by atoms with Gasteiger partial charge in [0.1, 0.15) is 12.5 Å². The molecule has 0 amide bonds. The number of hydrogen-bond acceptors (Lipinski definition) is 7. The molecule has 1 unspecified atom stereocenters. The number of esters is 1. The Morgan fingerprint density at radius 1 is 1.40 bits per heavy atom. The van der Waals surface area contributed by atoms with Gasteiger partial charge in [-0.05, 0) is 19.8 Å². The van der Waals surface area contributed by atoms with Crippen LogP contribution in [0.4, 0.5) is 0 Å². The van der Waals surface area contributed by atoms with Gasteiger partial charge in [0.15, 0.2) is 5.60 Å². The average molecular weight is 345 g/mol. The maximum Gasteiger partial charge on any atom is 0.318 e. The van der Waals surface area contributed by atoms with E-state index in [0.29, 0.717) is 6.61 Å². The monoisotopic (exact) mass is 345 g/mol. The molecule has 7 nitrogen and oxygen atoms in total. The second-order valence-electron chi connectivity index (χ2n) is 6.76. The van der Waals surface area contributed by atoms with E-state index in [1.54, 1.807) is 12.1 Å². The first-order valence-corrected chi connectivity index (χ1v) is 8.33. The second-order valence-corrected chi connectivity index (χ2v) is 6.76. The van der Waals surface area contributed by atoms with Crippen LogP contribution in [-0.4, -0.2) is 52.6 Å². The van der Waals surface area contributed by atoms with Crippen molar-refractivity contribution in [2.75, 3.05) is 13.2 Å². The van der Waals surface area contributed by atoms with Gasteiger partial charge in [0.05, 0.1) is 6.10 Å². The van der Waals surface area contributed by atoms with Crippen molar-refractivity contribution >= 4 is 17.5 Å². The molecule has 3 aliphatic rings. The van der Waals surface area contributed by atoms with E-state index in [4.69, 9.17) is 9.47 Å². The number of ether oxygens (including phenoxy) is 2. The van der Waals surface area contributed by atoms with Crippen molar-refractivity contribution < 1.29 is 29.3 Å². The highest BCUT2D eigenvalue weighted by atomic mass is 16.6. The summed E-state index contributed by atoms with van der Waals surface area (Å²) in [5.41, 5.74) is -4.01. The van der Waals surface area contributed by atoms with Gasteiger partial charge in [-0.1, -0.05) is 24.3 Å². The topological polar surface area (TPSA) is 105 Å². The first-order chi connectivity index (χ1) is 11.9. The number of fused-ring (bicyclic) bond motifs is 3. The van der Waals surface area contributed by atoms with Gasteiger partial charge >= 0.3 is 5.97 Å². The van der Waals surface area contributed by atoms with E-state index in [9.17, 15) is 19.8 Å². The lowest BCUT2D eigenvalue weighted by Crippen LogP contribution is -2.56. The summed E-state index contributed by atoms with van der Waals surface area (Å²) < 4.78 is 10.7. The molecule has 2 heterocycles. The minimum atomic E-state index is -2.38. The van der Waals surface area contributed by atoms with Gasteiger partial charge in [0, 0.05) is 23.4 Å². The number of Topliss-reactive ketones (excluding diaryl/α,β-unsaturated/α-hetero) is 1. The third-order valence-corrected chi connectivity index (χ3v) is 5.27. The third kappa shape index (κ3) is 2.06. The Hall–Kier alpha value is -2.09. The zero-order valence-electron chi connectivity index (χ0n) is 13.8. The van der Waals surface area contributed by atoms with Gasteiger partial charge < -0.3 is 19.7 Å². The smallest absolute Gasteiger partial charge is 0.318 e. The maximum absolute atomic E-state index is 12.8. The van der Waals surface area contributed by atoms with Crippen molar-refractivity contribution in [1.29, 1.82) is 0 Å². The van der Waals surface area contributed by atoms with Crippen LogP contribution in [0.1, 0.15) is 35.7 Å². The van der Waals surface area contributed by atoms with Crippen LogP contribution in [0.2, 0.25) is 0 Å². The van der Waals surface area contributed by atoms with Gasteiger partial charge in [-0.3, -0.25) is 14.6 Å². The van der Waals surface area contributed by atoms with Gasteiger partial charge in [-0.2, -0.15) is 0 Å². The molecule has 1 aliphatic carbocycles. The number of carbonyl (C=O) groups excluding carboxylic acids is 2. The SMILES string of the molecule is CC1=N[C@@]2(O)c3ccccc3C(=O)[C@]2(O)C1C(=O)OC[C@@H]1CCCO1. The van der Waals surface area contributed by atoms with Gasteiger partial charge in [-0.15, -0.1) is 0 Å². The molecule has 2 aliphatic heterocycles. The third-order valence-electron chi connectivity index (χ3n) is 5.27. The Kier molecular flexibility index (Phi) is 3.57. The molecule has 7 heteroatoms. The molecule has 0 bridgehead atoms. The molecule has 1 aromatic rings. The molecule has 132 valence electrons. The molecule has 0 aromatic heterocycles. The fourth-order valence-corrected chi connectivity index (χ4v) is 4.03. The van der Waals surface area contributed by atoms with Crippen LogP contribution in [0, 0.1) is 5.92 Å². The summed E-state index contributed by atoms with van der Waals surface area (Å²) in [5, 5.41) is 22.1. The van der Waals surface area contributed by atoms with Crippen LogP contribution >= 0.6 is 0 Å².